The molecule has 0 saturated carbocycles. The molecule has 0 radical (unpaired) electrons. The van der Waals surface area contributed by atoms with Crippen molar-refractivity contribution in [3.63, 3.8) is 0 Å². The summed E-state index contributed by atoms with van der Waals surface area (Å²) in [5.74, 6) is 0.295. The largest absolute Gasteiger partial charge is 0.356 e. The first-order valence-electron chi connectivity index (χ1n) is 8.03. The summed E-state index contributed by atoms with van der Waals surface area (Å²) in [6.07, 6.45) is 0.887. The van der Waals surface area contributed by atoms with E-state index in [1.54, 1.807) is 6.92 Å². The van der Waals surface area contributed by atoms with Gasteiger partial charge in [0.15, 0.2) is 0 Å². The van der Waals surface area contributed by atoms with Gasteiger partial charge in [0.25, 0.3) is 0 Å². The van der Waals surface area contributed by atoms with Gasteiger partial charge in [-0.2, -0.15) is 0 Å². The average molecular weight is 303 g/mol. The first-order valence-corrected chi connectivity index (χ1v) is 8.03. The van der Waals surface area contributed by atoms with Gasteiger partial charge in [-0.05, 0) is 28.3 Å². The Kier molecular flexibility index (Phi) is 4.72. The molecule has 1 unspecified atom stereocenters. The van der Waals surface area contributed by atoms with Crippen molar-refractivity contribution in [2.24, 2.45) is 0 Å². The molecule has 0 saturated heterocycles. The fourth-order valence-electron chi connectivity index (χ4n) is 3.13. The topological polar surface area (TPSA) is 29.1 Å². The van der Waals surface area contributed by atoms with E-state index in [1.165, 1.54) is 21.9 Å². The number of hydrogen-bond donors (Lipinski definition) is 1. The zero-order valence-corrected chi connectivity index (χ0v) is 13.3. The molecule has 1 atom stereocenters. The maximum absolute atomic E-state index is 11.2. The molecule has 2 nitrogen and oxygen atoms in total. The maximum Gasteiger partial charge on any atom is 0.216 e. The van der Waals surface area contributed by atoms with Crippen LogP contribution in [0.1, 0.15) is 30.4 Å². The highest BCUT2D eigenvalue weighted by Crippen LogP contribution is 2.32. The molecular weight excluding hydrogens is 282 g/mol. The summed E-state index contributed by atoms with van der Waals surface area (Å²) >= 11 is 0. The summed E-state index contributed by atoms with van der Waals surface area (Å²) in [6.45, 7) is 2.24. The maximum atomic E-state index is 11.2. The number of hydrogen-bond acceptors (Lipinski definition) is 1. The molecule has 1 amide bonds. The van der Waals surface area contributed by atoms with Gasteiger partial charge in [0.1, 0.15) is 0 Å². The van der Waals surface area contributed by atoms with E-state index in [0.717, 1.165) is 6.42 Å². The minimum atomic E-state index is 0.0229. The van der Waals surface area contributed by atoms with Crippen LogP contribution in [-0.4, -0.2) is 12.5 Å². The van der Waals surface area contributed by atoms with E-state index in [9.17, 15) is 4.79 Å². The van der Waals surface area contributed by atoms with E-state index in [-0.39, 0.29) is 11.8 Å². The van der Waals surface area contributed by atoms with Crippen LogP contribution in [-0.2, 0) is 4.79 Å². The van der Waals surface area contributed by atoms with Crippen molar-refractivity contribution in [3.05, 3.63) is 83.9 Å². The van der Waals surface area contributed by atoms with Crippen LogP contribution in [0.4, 0.5) is 0 Å². The summed E-state index contributed by atoms with van der Waals surface area (Å²) < 4.78 is 0. The molecule has 3 aromatic carbocycles. The summed E-state index contributed by atoms with van der Waals surface area (Å²) in [7, 11) is 0. The van der Waals surface area contributed by atoms with E-state index < -0.39 is 0 Å². The summed E-state index contributed by atoms with van der Waals surface area (Å²) in [6, 6.07) is 25.5. The third kappa shape index (κ3) is 3.59. The van der Waals surface area contributed by atoms with Gasteiger partial charge in [0.2, 0.25) is 5.91 Å². The van der Waals surface area contributed by atoms with Crippen LogP contribution < -0.4 is 5.32 Å². The first kappa shape index (κ1) is 15.3. The van der Waals surface area contributed by atoms with Crippen molar-refractivity contribution < 1.29 is 4.79 Å². The van der Waals surface area contributed by atoms with E-state index >= 15 is 0 Å². The molecular formula is C21H21NO. The van der Waals surface area contributed by atoms with Crippen LogP contribution in [0, 0.1) is 0 Å². The molecule has 0 fully saturated rings. The Morgan fingerprint density at radius 3 is 2.39 bits per heavy atom. The average Bonchev–Trinajstić information content (AvgIpc) is 2.59. The monoisotopic (exact) mass is 303 g/mol. The molecule has 3 aromatic rings. The van der Waals surface area contributed by atoms with Gasteiger partial charge in [-0.25, -0.2) is 0 Å². The Morgan fingerprint density at radius 1 is 0.913 bits per heavy atom. The van der Waals surface area contributed by atoms with Crippen molar-refractivity contribution in [1.29, 1.82) is 0 Å². The fourth-order valence-corrected chi connectivity index (χ4v) is 3.13. The molecule has 116 valence electrons. The zero-order valence-electron chi connectivity index (χ0n) is 13.3. The second-order valence-corrected chi connectivity index (χ2v) is 5.80. The van der Waals surface area contributed by atoms with E-state index in [4.69, 9.17) is 0 Å². The van der Waals surface area contributed by atoms with Crippen LogP contribution in [0.3, 0.4) is 0 Å². The lowest BCUT2D eigenvalue weighted by Gasteiger charge is -2.20. The second-order valence-electron chi connectivity index (χ2n) is 5.80. The van der Waals surface area contributed by atoms with Crippen LogP contribution in [0.25, 0.3) is 10.8 Å². The number of amides is 1. The SMILES string of the molecule is CC(=O)NCCC(c1ccccc1)c1cccc2ccccc12. The Bertz CT molecular complexity index is 790. The number of rotatable bonds is 5. The van der Waals surface area contributed by atoms with Gasteiger partial charge in [-0.15, -0.1) is 0 Å². The predicted molar refractivity (Wildman–Crippen MR) is 95.5 cm³/mol. The molecule has 1 N–H and O–H groups in total. The summed E-state index contributed by atoms with van der Waals surface area (Å²) in [5, 5.41) is 5.46. The zero-order chi connectivity index (χ0) is 16.1. The van der Waals surface area contributed by atoms with Crippen molar-refractivity contribution >= 4 is 16.7 Å². The van der Waals surface area contributed by atoms with Crippen molar-refractivity contribution in [1.82, 2.24) is 5.32 Å². The van der Waals surface area contributed by atoms with Crippen LogP contribution in [0.15, 0.2) is 72.8 Å². The Balaban J connectivity index is 2.01. The number of nitrogens with one attached hydrogen (secondary N) is 1. The normalized spacial score (nSPS) is 12.0. The lowest BCUT2D eigenvalue weighted by atomic mass is 9.85. The summed E-state index contributed by atoms with van der Waals surface area (Å²) in [4.78, 5) is 11.2. The molecule has 0 spiro atoms. The third-order valence-electron chi connectivity index (χ3n) is 4.21. The van der Waals surface area contributed by atoms with Crippen molar-refractivity contribution in [2.45, 2.75) is 19.3 Å². The highest BCUT2D eigenvalue weighted by molar-refractivity contribution is 5.86. The van der Waals surface area contributed by atoms with Gasteiger partial charge in [-0.3, -0.25) is 4.79 Å². The molecule has 0 aromatic heterocycles. The highest BCUT2D eigenvalue weighted by Gasteiger charge is 2.16. The number of fused-ring (bicyclic) bond motifs is 1. The van der Waals surface area contributed by atoms with Gasteiger partial charge in [0, 0.05) is 19.4 Å². The molecule has 3 rings (SSSR count). The molecule has 0 aliphatic heterocycles. The summed E-state index contributed by atoms with van der Waals surface area (Å²) in [5.41, 5.74) is 2.61. The third-order valence-corrected chi connectivity index (χ3v) is 4.21. The molecule has 0 aliphatic carbocycles. The lowest BCUT2D eigenvalue weighted by Crippen LogP contribution is -2.22. The van der Waals surface area contributed by atoms with Gasteiger partial charge >= 0.3 is 0 Å². The second kappa shape index (κ2) is 7.10. The molecule has 0 heterocycles. The minimum Gasteiger partial charge on any atom is -0.356 e. The molecule has 0 bridgehead atoms. The van der Waals surface area contributed by atoms with Crippen molar-refractivity contribution in [3.8, 4) is 0 Å². The van der Waals surface area contributed by atoms with Crippen LogP contribution >= 0.6 is 0 Å². The quantitative estimate of drug-likeness (QED) is 0.739. The van der Waals surface area contributed by atoms with Gasteiger partial charge < -0.3 is 5.32 Å². The van der Waals surface area contributed by atoms with Gasteiger partial charge in [0.05, 0.1) is 0 Å². The molecule has 23 heavy (non-hydrogen) atoms. The molecule has 2 heteroatoms. The standard InChI is InChI=1S/C21H21NO/c1-16(23)22-15-14-20(17-8-3-2-4-9-17)21-13-7-11-18-10-5-6-12-19(18)21/h2-13,20H,14-15H2,1H3,(H,22,23). The fraction of sp³-hybridized carbons (Fsp3) is 0.190. The Labute approximate surface area is 137 Å². The number of carbonyl (C=O) groups excluding carboxylic acids is 1. The molecule has 0 aliphatic rings. The predicted octanol–water partition coefficient (Wildman–Crippen LogP) is 4.50. The Hall–Kier alpha value is -2.61. The number of carbonyl (C=O) groups is 1. The van der Waals surface area contributed by atoms with Crippen molar-refractivity contribution in [2.75, 3.05) is 6.54 Å². The van der Waals surface area contributed by atoms with E-state index in [1.807, 2.05) is 6.07 Å². The highest BCUT2D eigenvalue weighted by atomic mass is 16.1. The minimum absolute atomic E-state index is 0.0229. The van der Waals surface area contributed by atoms with Crippen LogP contribution in [0.2, 0.25) is 0 Å². The first-order chi connectivity index (χ1) is 11.3. The number of benzene rings is 3. The van der Waals surface area contributed by atoms with E-state index in [2.05, 4.69) is 72.0 Å². The Morgan fingerprint density at radius 2 is 1.61 bits per heavy atom. The van der Waals surface area contributed by atoms with E-state index in [0.29, 0.717) is 6.54 Å². The smallest absolute Gasteiger partial charge is 0.216 e. The van der Waals surface area contributed by atoms with Gasteiger partial charge in [-0.1, -0.05) is 72.8 Å². The van der Waals surface area contributed by atoms with Crippen LogP contribution in [0.5, 0.6) is 0 Å². The lowest BCUT2D eigenvalue weighted by molar-refractivity contribution is -0.118.